The van der Waals surface area contributed by atoms with E-state index in [2.05, 4.69) is 36.4 Å². The van der Waals surface area contributed by atoms with E-state index in [0.29, 0.717) is 29.0 Å². The van der Waals surface area contributed by atoms with Crippen molar-refractivity contribution in [3.63, 3.8) is 0 Å². The summed E-state index contributed by atoms with van der Waals surface area (Å²) in [7, 11) is 0. The van der Waals surface area contributed by atoms with Crippen LogP contribution in [0.2, 0.25) is 0 Å². The predicted molar refractivity (Wildman–Crippen MR) is 62.3 cm³/mol. The Morgan fingerprint density at radius 2 is 2.35 bits per heavy atom. The zero-order valence-electron chi connectivity index (χ0n) is 8.76. The lowest BCUT2D eigenvalue weighted by atomic mass is 10.3. The summed E-state index contributed by atoms with van der Waals surface area (Å²) in [5.41, 5.74) is 0.359. The normalized spacial score (nSPS) is 10.2. The molecule has 2 rings (SSSR count). The molecule has 0 unspecified atom stereocenters. The van der Waals surface area contributed by atoms with Crippen molar-refractivity contribution in [3.8, 4) is 0 Å². The molecule has 6 nitrogen and oxygen atoms in total. The second-order valence-corrected chi connectivity index (χ2v) is 4.03. The van der Waals surface area contributed by atoms with Gasteiger partial charge in [-0.2, -0.15) is 4.98 Å². The van der Waals surface area contributed by atoms with Gasteiger partial charge >= 0.3 is 0 Å². The second kappa shape index (κ2) is 5.53. The first-order valence-electron chi connectivity index (χ1n) is 4.91. The zero-order chi connectivity index (χ0) is 12.1. The van der Waals surface area contributed by atoms with Crippen molar-refractivity contribution in [3.05, 3.63) is 40.7 Å². The van der Waals surface area contributed by atoms with Crippen LogP contribution < -0.4 is 5.32 Å². The van der Waals surface area contributed by atoms with E-state index in [0.717, 1.165) is 0 Å². The molecule has 0 aromatic carbocycles. The average molecular weight is 297 g/mol. The molecule has 0 spiro atoms. The van der Waals surface area contributed by atoms with Crippen molar-refractivity contribution in [1.29, 1.82) is 0 Å². The quantitative estimate of drug-likeness (QED) is 0.917. The minimum absolute atomic E-state index is 0.239. The topological polar surface area (TPSA) is 80.9 Å². The molecule has 0 saturated heterocycles. The Hall–Kier alpha value is -1.76. The van der Waals surface area contributed by atoms with Gasteiger partial charge in [0.25, 0.3) is 5.91 Å². The lowest BCUT2D eigenvalue weighted by Gasteiger charge is -2.03. The van der Waals surface area contributed by atoms with Crippen LogP contribution in [0.15, 0.2) is 33.7 Å². The molecule has 17 heavy (non-hydrogen) atoms. The lowest BCUT2D eigenvalue weighted by Crippen LogP contribution is -2.26. The number of hydrogen-bond acceptors (Lipinski definition) is 5. The van der Waals surface area contributed by atoms with Crippen LogP contribution in [0.1, 0.15) is 16.4 Å². The SMILES string of the molecule is O=C(NCCc1ncno1)c1ncccc1Br. The van der Waals surface area contributed by atoms with Crippen molar-refractivity contribution in [2.75, 3.05) is 6.54 Å². The molecule has 0 aliphatic heterocycles. The highest BCUT2D eigenvalue weighted by Gasteiger charge is 2.10. The maximum atomic E-state index is 11.7. The van der Waals surface area contributed by atoms with Crippen molar-refractivity contribution in [2.24, 2.45) is 0 Å². The molecular formula is C10H9BrN4O2. The predicted octanol–water partition coefficient (Wildman–Crippen LogP) is 1.20. The van der Waals surface area contributed by atoms with Crippen LogP contribution in [0.3, 0.4) is 0 Å². The van der Waals surface area contributed by atoms with E-state index in [1.54, 1.807) is 18.3 Å². The minimum atomic E-state index is -0.239. The highest BCUT2D eigenvalue weighted by Crippen LogP contribution is 2.12. The molecule has 2 aromatic rings. The van der Waals surface area contributed by atoms with E-state index >= 15 is 0 Å². The number of aromatic nitrogens is 3. The first-order chi connectivity index (χ1) is 8.27. The molecule has 1 N–H and O–H groups in total. The van der Waals surface area contributed by atoms with Gasteiger partial charge in [0, 0.05) is 23.6 Å². The molecule has 0 bridgehead atoms. The number of nitrogens with zero attached hydrogens (tertiary/aromatic N) is 3. The fraction of sp³-hybridized carbons (Fsp3) is 0.200. The Morgan fingerprint density at radius 3 is 3.06 bits per heavy atom. The molecule has 2 aromatic heterocycles. The molecule has 0 fully saturated rings. The molecule has 0 aliphatic carbocycles. The van der Waals surface area contributed by atoms with E-state index in [-0.39, 0.29) is 5.91 Å². The number of carbonyl (C=O) groups excluding carboxylic acids is 1. The smallest absolute Gasteiger partial charge is 0.271 e. The van der Waals surface area contributed by atoms with E-state index < -0.39 is 0 Å². The van der Waals surface area contributed by atoms with Gasteiger partial charge in [0.1, 0.15) is 5.69 Å². The Bertz CT molecular complexity index is 501. The number of carbonyl (C=O) groups is 1. The second-order valence-electron chi connectivity index (χ2n) is 3.17. The first-order valence-corrected chi connectivity index (χ1v) is 5.71. The van der Waals surface area contributed by atoms with Gasteiger partial charge in [-0.15, -0.1) is 0 Å². The first kappa shape index (κ1) is 11.7. The van der Waals surface area contributed by atoms with Gasteiger partial charge in [0.2, 0.25) is 5.89 Å². The number of nitrogens with one attached hydrogen (secondary N) is 1. The molecular weight excluding hydrogens is 288 g/mol. The third-order valence-corrected chi connectivity index (χ3v) is 2.64. The highest BCUT2D eigenvalue weighted by molar-refractivity contribution is 9.10. The average Bonchev–Trinajstić information content (AvgIpc) is 2.82. The number of halogens is 1. The van der Waals surface area contributed by atoms with Crippen molar-refractivity contribution >= 4 is 21.8 Å². The molecule has 1 amide bonds. The monoisotopic (exact) mass is 296 g/mol. The van der Waals surface area contributed by atoms with Crippen molar-refractivity contribution in [2.45, 2.75) is 6.42 Å². The zero-order valence-corrected chi connectivity index (χ0v) is 10.3. The standard InChI is InChI=1S/C10H9BrN4O2/c11-7-2-1-4-12-9(7)10(16)13-5-3-8-14-6-15-17-8/h1-2,4,6H,3,5H2,(H,13,16). The Balaban J connectivity index is 1.88. The Labute approximate surface area is 106 Å². The molecule has 0 saturated carbocycles. The van der Waals surface area contributed by atoms with Crippen LogP contribution in [0, 0.1) is 0 Å². The van der Waals surface area contributed by atoms with E-state index in [4.69, 9.17) is 4.52 Å². The molecule has 88 valence electrons. The van der Waals surface area contributed by atoms with Crippen LogP contribution in [0.4, 0.5) is 0 Å². The lowest BCUT2D eigenvalue weighted by molar-refractivity contribution is 0.0947. The Kier molecular flexibility index (Phi) is 3.81. The van der Waals surface area contributed by atoms with Crippen molar-refractivity contribution < 1.29 is 9.32 Å². The van der Waals surface area contributed by atoms with Gasteiger partial charge in [0.15, 0.2) is 6.33 Å². The summed E-state index contributed by atoms with van der Waals surface area (Å²) >= 11 is 3.26. The molecule has 0 aliphatic rings. The number of rotatable bonds is 4. The van der Waals surface area contributed by atoms with Crippen LogP contribution in [0.5, 0.6) is 0 Å². The van der Waals surface area contributed by atoms with E-state index in [9.17, 15) is 4.79 Å². The molecule has 0 atom stereocenters. The summed E-state index contributed by atoms with van der Waals surface area (Å²) in [6.45, 7) is 0.421. The van der Waals surface area contributed by atoms with Gasteiger partial charge in [-0.25, -0.2) is 4.98 Å². The number of pyridine rings is 1. The van der Waals surface area contributed by atoms with E-state index in [1.165, 1.54) is 6.33 Å². The third kappa shape index (κ3) is 3.10. The molecule has 0 radical (unpaired) electrons. The highest BCUT2D eigenvalue weighted by atomic mass is 79.9. The number of amides is 1. The van der Waals surface area contributed by atoms with Gasteiger partial charge in [-0.3, -0.25) is 4.79 Å². The molecule has 2 heterocycles. The summed E-state index contributed by atoms with van der Waals surface area (Å²) in [6, 6.07) is 3.51. The van der Waals surface area contributed by atoms with E-state index in [1.807, 2.05) is 0 Å². The summed E-state index contributed by atoms with van der Waals surface area (Å²) in [5.74, 6) is 0.252. The fourth-order valence-corrected chi connectivity index (χ4v) is 1.66. The van der Waals surface area contributed by atoms with Crippen LogP contribution in [0.25, 0.3) is 0 Å². The molecule has 7 heteroatoms. The largest absolute Gasteiger partial charge is 0.350 e. The summed E-state index contributed by atoms with van der Waals surface area (Å²) in [5, 5.41) is 6.19. The van der Waals surface area contributed by atoms with Crippen LogP contribution in [-0.4, -0.2) is 27.6 Å². The summed E-state index contributed by atoms with van der Waals surface area (Å²) in [6.07, 6.45) is 3.39. The maximum absolute atomic E-state index is 11.7. The van der Waals surface area contributed by atoms with Gasteiger partial charge in [-0.1, -0.05) is 5.16 Å². The Morgan fingerprint density at radius 1 is 1.47 bits per heavy atom. The van der Waals surface area contributed by atoms with Crippen LogP contribution in [-0.2, 0) is 6.42 Å². The number of hydrogen-bond donors (Lipinski definition) is 1. The fourth-order valence-electron chi connectivity index (χ4n) is 1.23. The van der Waals surface area contributed by atoms with Crippen LogP contribution >= 0.6 is 15.9 Å². The van der Waals surface area contributed by atoms with Gasteiger partial charge < -0.3 is 9.84 Å². The van der Waals surface area contributed by atoms with Gasteiger partial charge in [-0.05, 0) is 28.1 Å². The maximum Gasteiger partial charge on any atom is 0.271 e. The van der Waals surface area contributed by atoms with Crippen molar-refractivity contribution in [1.82, 2.24) is 20.4 Å². The third-order valence-electron chi connectivity index (χ3n) is 2.00. The summed E-state index contributed by atoms with van der Waals surface area (Å²) in [4.78, 5) is 19.6. The minimum Gasteiger partial charge on any atom is -0.350 e. The summed E-state index contributed by atoms with van der Waals surface area (Å²) < 4.78 is 5.47. The van der Waals surface area contributed by atoms with Gasteiger partial charge in [0.05, 0.1) is 0 Å².